The zero-order valence-corrected chi connectivity index (χ0v) is 15.4. The van der Waals surface area contributed by atoms with E-state index in [1.54, 1.807) is 0 Å². The van der Waals surface area contributed by atoms with Crippen molar-refractivity contribution in [2.75, 3.05) is 18.1 Å². The highest BCUT2D eigenvalue weighted by atomic mass is 32.2. The molecule has 0 aliphatic carbocycles. The van der Waals surface area contributed by atoms with Crippen LogP contribution in [0.25, 0.3) is 11.3 Å². The zero-order valence-electron chi connectivity index (χ0n) is 14.6. The van der Waals surface area contributed by atoms with E-state index in [4.69, 9.17) is 0 Å². The first-order chi connectivity index (χ1) is 11.7. The van der Waals surface area contributed by atoms with Crippen molar-refractivity contribution in [2.24, 2.45) is 0 Å². The maximum atomic E-state index is 12.2. The molecule has 0 unspecified atom stereocenters. The molecule has 0 saturated carbocycles. The molecule has 0 aliphatic heterocycles. The number of nitrogens with one attached hydrogen (secondary N) is 1. The molecule has 0 radical (unpaired) electrons. The van der Waals surface area contributed by atoms with Gasteiger partial charge in [-0.15, -0.1) is 0 Å². The summed E-state index contributed by atoms with van der Waals surface area (Å²) in [7, 11) is 0. The minimum absolute atomic E-state index is 0.0202. The predicted octanol–water partition coefficient (Wildman–Crippen LogP) is 3.89. The molecular formula is C19H25N3OS. The molecular weight excluding hydrogens is 318 g/mol. The van der Waals surface area contributed by atoms with Crippen molar-refractivity contribution in [3.63, 3.8) is 0 Å². The Hall–Kier alpha value is -1.88. The molecule has 1 aromatic heterocycles. The van der Waals surface area contributed by atoms with Gasteiger partial charge in [0.2, 0.25) is 0 Å². The molecule has 128 valence electrons. The summed E-state index contributed by atoms with van der Waals surface area (Å²) in [5.74, 6) is 2.84. The predicted molar refractivity (Wildman–Crippen MR) is 102 cm³/mol. The van der Waals surface area contributed by atoms with E-state index in [-0.39, 0.29) is 5.91 Å². The number of hydrogen-bond acceptors (Lipinski definition) is 4. The van der Waals surface area contributed by atoms with Gasteiger partial charge in [-0.25, -0.2) is 9.97 Å². The standard InChI is InChI=1S/C19H25N3OS/c1-4-11-24-12-10-20-19(23)17-8-6-16(7-9-17)18-15(5-2)13-21-14(3)22-18/h6-9,13H,4-5,10-12H2,1-3H3,(H,20,23). The summed E-state index contributed by atoms with van der Waals surface area (Å²) in [6, 6.07) is 7.64. The van der Waals surface area contributed by atoms with Crippen LogP contribution >= 0.6 is 11.8 Å². The van der Waals surface area contributed by atoms with Gasteiger partial charge in [-0.2, -0.15) is 11.8 Å². The number of carbonyl (C=O) groups is 1. The van der Waals surface area contributed by atoms with Crippen LogP contribution in [0.1, 0.15) is 42.0 Å². The fourth-order valence-corrected chi connectivity index (χ4v) is 3.11. The van der Waals surface area contributed by atoms with Crippen LogP contribution in [0.2, 0.25) is 0 Å². The summed E-state index contributed by atoms with van der Waals surface area (Å²) in [4.78, 5) is 21.0. The fourth-order valence-electron chi connectivity index (χ4n) is 2.37. The third-order valence-corrected chi connectivity index (χ3v) is 4.86. The lowest BCUT2D eigenvalue weighted by molar-refractivity contribution is 0.0956. The number of rotatable bonds is 8. The maximum absolute atomic E-state index is 12.2. The van der Waals surface area contributed by atoms with Crippen molar-refractivity contribution in [3.8, 4) is 11.3 Å². The fraction of sp³-hybridized carbons (Fsp3) is 0.421. The van der Waals surface area contributed by atoms with Crippen LogP contribution in [0.4, 0.5) is 0 Å². The highest BCUT2D eigenvalue weighted by molar-refractivity contribution is 7.99. The van der Waals surface area contributed by atoms with Crippen molar-refractivity contribution in [2.45, 2.75) is 33.6 Å². The van der Waals surface area contributed by atoms with Crippen LogP contribution in [0.3, 0.4) is 0 Å². The van der Waals surface area contributed by atoms with Crippen LogP contribution in [-0.4, -0.2) is 33.9 Å². The molecule has 0 aliphatic rings. The Balaban J connectivity index is 2.03. The van der Waals surface area contributed by atoms with Gasteiger partial charge in [-0.3, -0.25) is 4.79 Å². The Bertz CT molecular complexity index is 671. The summed E-state index contributed by atoms with van der Waals surface area (Å²) in [6.45, 7) is 6.85. The number of benzene rings is 1. The molecule has 24 heavy (non-hydrogen) atoms. The second-order valence-electron chi connectivity index (χ2n) is 5.59. The molecule has 4 nitrogen and oxygen atoms in total. The van der Waals surface area contributed by atoms with Gasteiger partial charge < -0.3 is 5.32 Å². The van der Waals surface area contributed by atoms with Crippen LogP contribution in [0.15, 0.2) is 30.5 Å². The molecule has 1 amide bonds. The van der Waals surface area contributed by atoms with Crippen molar-refractivity contribution in [1.82, 2.24) is 15.3 Å². The number of thioether (sulfide) groups is 1. The molecule has 0 fully saturated rings. The van der Waals surface area contributed by atoms with Gasteiger partial charge in [0, 0.05) is 29.6 Å². The number of carbonyl (C=O) groups excluding carboxylic acids is 1. The lowest BCUT2D eigenvalue weighted by atomic mass is 10.0. The van der Waals surface area contributed by atoms with E-state index in [1.165, 1.54) is 6.42 Å². The van der Waals surface area contributed by atoms with Gasteiger partial charge in [-0.05, 0) is 43.2 Å². The number of aromatic nitrogens is 2. The normalized spacial score (nSPS) is 10.6. The first kappa shape index (κ1) is 18.5. The lowest BCUT2D eigenvalue weighted by Crippen LogP contribution is -2.25. The Labute approximate surface area is 148 Å². The maximum Gasteiger partial charge on any atom is 0.251 e. The average Bonchev–Trinajstić information content (AvgIpc) is 2.61. The van der Waals surface area contributed by atoms with Gasteiger partial charge in [0.25, 0.3) is 5.91 Å². The van der Waals surface area contributed by atoms with E-state index in [0.29, 0.717) is 12.1 Å². The van der Waals surface area contributed by atoms with Crippen molar-refractivity contribution in [3.05, 3.63) is 47.4 Å². The van der Waals surface area contributed by atoms with Crippen molar-refractivity contribution < 1.29 is 4.79 Å². The molecule has 0 bridgehead atoms. The molecule has 5 heteroatoms. The van der Waals surface area contributed by atoms with Gasteiger partial charge >= 0.3 is 0 Å². The molecule has 2 rings (SSSR count). The molecule has 0 atom stereocenters. The number of nitrogens with zero attached hydrogens (tertiary/aromatic N) is 2. The summed E-state index contributed by atoms with van der Waals surface area (Å²) in [6.07, 6.45) is 3.93. The van der Waals surface area contributed by atoms with Crippen LogP contribution in [-0.2, 0) is 6.42 Å². The van der Waals surface area contributed by atoms with Gasteiger partial charge in [0.1, 0.15) is 5.82 Å². The zero-order chi connectivity index (χ0) is 17.4. The van der Waals surface area contributed by atoms with E-state index in [2.05, 4.69) is 29.1 Å². The molecule has 2 aromatic rings. The molecule has 0 spiro atoms. The minimum Gasteiger partial charge on any atom is -0.351 e. The van der Waals surface area contributed by atoms with Crippen LogP contribution in [0.5, 0.6) is 0 Å². The summed E-state index contributed by atoms with van der Waals surface area (Å²) in [5.41, 5.74) is 3.77. The van der Waals surface area contributed by atoms with Gasteiger partial charge in [-0.1, -0.05) is 26.0 Å². The Kier molecular flexibility index (Phi) is 7.25. The SMILES string of the molecule is CCCSCCNC(=O)c1ccc(-c2nc(C)ncc2CC)cc1. The molecule has 0 saturated heterocycles. The lowest BCUT2D eigenvalue weighted by Gasteiger charge is -2.09. The van der Waals surface area contributed by atoms with Crippen LogP contribution in [0, 0.1) is 6.92 Å². The quantitative estimate of drug-likeness (QED) is 0.739. The highest BCUT2D eigenvalue weighted by Crippen LogP contribution is 2.22. The van der Waals surface area contributed by atoms with Gasteiger partial charge in [0.15, 0.2) is 0 Å². The summed E-state index contributed by atoms with van der Waals surface area (Å²) in [5, 5.41) is 2.96. The van der Waals surface area contributed by atoms with E-state index < -0.39 is 0 Å². The van der Waals surface area contributed by atoms with E-state index in [9.17, 15) is 4.79 Å². The first-order valence-electron chi connectivity index (χ1n) is 8.44. The monoisotopic (exact) mass is 343 g/mol. The number of aryl methyl sites for hydroxylation is 2. The Morgan fingerprint density at radius 3 is 2.58 bits per heavy atom. The van der Waals surface area contributed by atoms with E-state index in [0.717, 1.165) is 40.6 Å². The Morgan fingerprint density at radius 1 is 1.17 bits per heavy atom. The summed E-state index contributed by atoms with van der Waals surface area (Å²) >= 11 is 1.87. The van der Waals surface area contributed by atoms with Gasteiger partial charge in [0.05, 0.1) is 5.69 Å². The third-order valence-electron chi connectivity index (χ3n) is 3.67. The Morgan fingerprint density at radius 2 is 1.92 bits per heavy atom. The number of amides is 1. The molecule has 1 N–H and O–H groups in total. The second kappa shape index (κ2) is 9.42. The third kappa shape index (κ3) is 5.06. The second-order valence-corrected chi connectivity index (χ2v) is 6.81. The van der Waals surface area contributed by atoms with Crippen LogP contribution < -0.4 is 5.32 Å². The van der Waals surface area contributed by atoms with E-state index in [1.807, 2.05) is 49.1 Å². The topological polar surface area (TPSA) is 54.9 Å². The first-order valence-corrected chi connectivity index (χ1v) is 9.60. The largest absolute Gasteiger partial charge is 0.351 e. The summed E-state index contributed by atoms with van der Waals surface area (Å²) < 4.78 is 0. The highest BCUT2D eigenvalue weighted by Gasteiger charge is 2.09. The smallest absolute Gasteiger partial charge is 0.251 e. The molecule has 1 aromatic carbocycles. The van der Waals surface area contributed by atoms with E-state index >= 15 is 0 Å². The average molecular weight is 343 g/mol. The van der Waals surface area contributed by atoms with Crippen molar-refractivity contribution >= 4 is 17.7 Å². The minimum atomic E-state index is -0.0202. The van der Waals surface area contributed by atoms with Crippen molar-refractivity contribution in [1.29, 1.82) is 0 Å². The molecule has 1 heterocycles. The number of hydrogen-bond donors (Lipinski definition) is 1.